The van der Waals surface area contributed by atoms with Gasteiger partial charge in [0.2, 0.25) is 11.8 Å². The highest BCUT2D eigenvalue weighted by molar-refractivity contribution is 6.02. The number of carbonyl (C=O) groups excluding carboxylic acids is 2. The number of carbonyl (C=O) groups is 2. The average Bonchev–Trinajstić information content (AvgIpc) is 2.35. The van der Waals surface area contributed by atoms with Gasteiger partial charge in [0.05, 0.1) is 19.2 Å². The average molecular weight is 262 g/mol. The van der Waals surface area contributed by atoms with E-state index in [9.17, 15) is 14.7 Å². The fourth-order valence-corrected chi connectivity index (χ4v) is 2.21. The molecule has 1 atom stereocenters. The molecule has 2 rings (SSSR count). The summed E-state index contributed by atoms with van der Waals surface area (Å²) in [5.41, 5.74) is 1.79. The van der Waals surface area contributed by atoms with Crippen LogP contribution in [0.3, 0.4) is 0 Å². The zero-order valence-corrected chi connectivity index (χ0v) is 11.2. The van der Waals surface area contributed by atoms with E-state index >= 15 is 0 Å². The summed E-state index contributed by atoms with van der Waals surface area (Å²) in [6, 6.07) is 7.55. The van der Waals surface area contributed by atoms with Crippen LogP contribution in [0, 0.1) is 0 Å². The van der Waals surface area contributed by atoms with Crippen molar-refractivity contribution in [2.24, 2.45) is 0 Å². The fourth-order valence-electron chi connectivity index (χ4n) is 2.21. The molecule has 1 aliphatic rings. The van der Waals surface area contributed by atoms with Crippen LogP contribution in [0.5, 0.6) is 0 Å². The van der Waals surface area contributed by atoms with Gasteiger partial charge in [0, 0.05) is 19.2 Å². The molecule has 1 aliphatic heterocycles. The summed E-state index contributed by atoms with van der Waals surface area (Å²) < 4.78 is 0. The molecule has 1 saturated heterocycles. The first kappa shape index (κ1) is 13.5. The largest absolute Gasteiger partial charge is 0.393 e. The van der Waals surface area contributed by atoms with Gasteiger partial charge >= 0.3 is 0 Å². The number of aliphatic hydroxyl groups excluding tert-OH is 1. The highest BCUT2D eigenvalue weighted by atomic mass is 16.3. The number of nitrogens with zero attached hydrogens (tertiary/aromatic N) is 2. The first-order chi connectivity index (χ1) is 8.99. The number of hydrogen-bond donors (Lipinski definition) is 1. The number of rotatable bonds is 3. The number of benzene rings is 1. The number of amides is 2. The third-order valence-electron chi connectivity index (χ3n) is 3.25. The molecule has 5 heteroatoms. The van der Waals surface area contributed by atoms with Gasteiger partial charge in [-0.15, -0.1) is 0 Å². The summed E-state index contributed by atoms with van der Waals surface area (Å²) in [7, 11) is 1.50. The van der Waals surface area contributed by atoms with Crippen molar-refractivity contribution in [3.05, 3.63) is 29.8 Å². The molecule has 1 fully saturated rings. The molecular formula is C14H18N2O3. The lowest BCUT2D eigenvalue weighted by Crippen LogP contribution is -2.52. The van der Waals surface area contributed by atoms with Gasteiger partial charge in [-0.3, -0.25) is 14.5 Å². The molecule has 2 amide bonds. The maximum absolute atomic E-state index is 11.7. The Hall–Kier alpha value is -1.88. The Morgan fingerprint density at radius 1 is 1.21 bits per heavy atom. The van der Waals surface area contributed by atoms with Crippen LogP contribution in [-0.2, 0) is 16.0 Å². The van der Waals surface area contributed by atoms with E-state index in [-0.39, 0.29) is 24.9 Å². The summed E-state index contributed by atoms with van der Waals surface area (Å²) in [6.07, 6.45) is 0.0465. The van der Waals surface area contributed by atoms with Gasteiger partial charge in [-0.1, -0.05) is 18.2 Å². The molecule has 1 aromatic rings. The third kappa shape index (κ3) is 2.93. The Balaban J connectivity index is 2.27. The molecule has 0 spiro atoms. The maximum Gasteiger partial charge on any atom is 0.248 e. The van der Waals surface area contributed by atoms with Crippen molar-refractivity contribution in [3.8, 4) is 0 Å². The van der Waals surface area contributed by atoms with Crippen molar-refractivity contribution < 1.29 is 14.7 Å². The van der Waals surface area contributed by atoms with E-state index in [1.54, 1.807) is 11.8 Å². The zero-order chi connectivity index (χ0) is 14.0. The lowest BCUT2D eigenvalue weighted by Gasteiger charge is -2.33. The minimum atomic E-state index is -0.458. The minimum absolute atomic E-state index is 0.194. The van der Waals surface area contributed by atoms with Gasteiger partial charge in [0.25, 0.3) is 0 Å². The second-order valence-electron chi connectivity index (χ2n) is 4.88. The highest BCUT2D eigenvalue weighted by Crippen LogP contribution is 2.23. The van der Waals surface area contributed by atoms with Gasteiger partial charge < -0.3 is 10.0 Å². The van der Waals surface area contributed by atoms with E-state index in [2.05, 4.69) is 0 Å². The van der Waals surface area contributed by atoms with Crippen LogP contribution in [0.2, 0.25) is 0 Å². The van der Waals surface area contributed by atoms with Crippen molar-refractivity contribution in [2.45, 2.75) is 19.4 Å². The number of para-hydroxylation sites is 1. The lowest BCUT2D eigenvalue weighted by molar-refractivity contribution is -0.143. The first-order valence-corrected chi connectivity index (χ1v) is 6.29. The Kier molecular flexibility index (Phi) is 3.85. The van der Waals surface area contributed by atoms with E-state index in [1.807, 2.05) is 24.3 Å². The molecular weight excluding hydrogens is 244 g/mol. The Morgan fingerprint density at radius 3 is 2.37 bits per heavy atom. The van der Waals surface area contributed by atoms with Crippen LogP contribution >= 0.6 is 0 Å². The number of anilines is 1. The standard InChI is InChI=1S/C14H18N2O3/c1-10(17)7-11-5-3-4-6-12(11)16-8-13(18)15(2)14(19)9-16/h3-6,10,17H,7-9H2,1-2H3. The molecule has 1 heterocycles. The van der Waals surface area contributed by atoms with Crippen molar-refractivity contribution >= 4 is 17.5 Å². The summed E-state index contributed by atoms with van der Waals surface area (Å²) in [5, 5.41) is 9.51. The van der Waals surface area contributed by atoms with Crippen LogP contribution in [0.25, 0.3) is 0 Å². The maximum atomic E-state index is 11.7. The second-order valence-corrected chi connectivity index (χ2v) is 4.88. The summed E-state index contributed by atoms with van der Waals surface area (Å²) >= 11 is 0. The Bertz CT molecular complexity index is 481. The Labute approximate surface area is 112 Å². The first-order valence-electron chi connectivity index (χ1n) is 6.29. The third-order valence-corrected chi connectivity index (χ3v) is 3.25. The highest BCUT2D eigenvalue weighted by Gasteiger charge is 2.29. The molecule has 1 unspecified atom stereocenters. The topological polar surface area (TPSA) is 60.9 Å². The molecule has 1 N–H and O–H groups in total. The van der Waals surface area contributed by atoms with E-state index in [1.165, 1.54) is 7.05 Å². The molecule has 0 aliphatic carbocycles. The van der Waals surface area contributed by atoms with E-state index < -0.39 is 6.10 Å². The molecule has 0 bridgehead atoms. The molecule has 0 radical (unpaired) electrons. The van der Waals surface area contributed by atoms with Crippen molar-refractivity contribution in [2.75, 3.05) is 25.0 Å². The summed E-state index contributed by atoms with van der Waals surface area (Å²) in [4.78, 5) is 26.4. The predicted molar refractivity (Wildman–Crippen MR) is 71.8 cm³/mol. The summed E-state index contributed by atoms with van der Waals surface area (Å²) in [5.74, 6) is -0.411. The van der Waals surface area contributed by atoms with Crippen molar-refractivity contribution in [1.82, 2.24) is 4.90 Å². The number of aliphatic hydroxyl groups is 1. The van der Waals surface area contributed by atoms with Gasteiger partial charge in [-0.25, -0.2) is 0 Å². The van der Waals surface area contributed by atoms with Crippen LogP contribution in [0.4, 0.5) is 5.69 Å². The van der Waals surface area contributed by atoms with Crippen LogP contribution < -0.4 is 4.90 Å². The molecule has 0 aromatic heterocycles. The second kappa shape index (κ2) is 5.40. The van der Waals surface area contributed by atoms with Gasteiger partial charge in [-0.05, 0) is 18.6 Å². The predicted octanol–water partition coefficient (Wildman–Crippen LogP) is 0.415. The van der Waals surface area contributed by atoms with E-state index in [0.717, 1.165) is 16.2 Å². The molecule has 5 nitrogen and oxygen atoms in total. The van der Waals surface area contributed by atoms with E-state index in [4.69, 9.17) is 0 Å². The quantitative estimate of drug-likeness (QED) is 0.802. The normalized spacial score (nSPS) is 17.8. The smallest absolute Gasteiger partial charge is 0.248 e. The van der Waals surface area contributed by atoms with Gasteiger partial charge in [0.15, 0.2) is 0 Å². The Morgan fingerprint density at radius 2 is 1.79 bits per heavy atom. The fraction of sp³-hybridized carbons (Fsp3) is 0.429. The monoisotopic (exact) mass is 262 g/mol. The molecule has 1 aromatic carbocycles. The van der Waals surface area contributed by atoms with Crippen LogP contribution in [0.15, 0.2) is 24.3 Å². The zero-order valence-electron chi connectivity index (χ0n) is 11.2. The van der Waals surface area contributed by atoms with E-state index in [0.29, 0.717) is 6.42 Å². The number of piperazine rings is 1. The molecule has 0 saturated carbocycles. The minimum Gasteiger partial charge on any atom is -0.393 e. The molecule has 102 valence electrons. The van der Waals surface area contributed by atoms with Gasteiger partial charge in [-0.2, -0.15) is 0 Å². The summed E-state index contributed by atoms with van der Waals surface area (Å²) in [6.45, 7) is 2.11. The number of hydrogen-bond acceptors (Lipinski definition) is 4. The molecule has 19 heavy (non-hydrogen) atoms. The SMILES string of the molecule is CC(O)Cc1ccccc1N1CC(=O)N(C)C(=O)C1. The van der Waals surface area contributed by atoms with Crippen molar-refractivity contribution in [3.63, 3.8) is 0 Å². The van der Waals surface area contributed by atoms with Crippen LogP contribution in [0.1, 0.15) is 12.5 Å². The lowest BCUT2D eigenvalue weighted by atomic mass is 10.0. The van der Waals surface area contributed by atoms with Crippen LogP contribution in [-0.4, -0.2) is 48.1 Å². The number of imide groups is 1. The number of likely N-dealkylation sites (N-methyl/N-ethyl adjacent to an activating group) is 1. The van der Waals surface area contributed by atoms with Gasteiger partial charge in [0.1, 0.15) is 0 Å². The van der Waals surface area contributed by atoms with Crippen molar-refractivity contribution in [1.29, 1.82) is 0 Å².